The molecule has 3 aromatic heterocycles. The lowest BCUT2D eigenvalue weighted by Gasteiger charge is -2.12. The maximum absolute atomic E-state index is 5.08. The zero-order valence-corrected chi connectivity index (χ0v) is 21.0. The van der Waals surface area contributed by atoms with Gasteiger partial charge in [-0.2, -0.15) is 0 Å². The van der Waals surface area contributed by atoms with E-state index in [1.165, 1.54) is 21.9 Å². The van der Waals surface area contributed by atoms with Crippen LogP contribution in [-0.4, -0.2) is 14.5 Å². The van der Waals surface area contributed by atoms with Crippen molar-refractivity contribution < 1.29 is 0 Å². The van der Waals surface area contributed by atoms with Crippen molar-refractivity contribution in [2.45, 2.75) is 6.92 Å². The molecule has 38 heavy (non-hydrogen) atoms. The van der Waals surface area contributed by atoms with E-state index in [-0.39, 0.29) is 0 Å². The number of aromatic nitrogens is 3. The maximum Gasteiger partial charge on any atom is 0.145 e. The van der Waals surface area contributed by atoms with Gasteiger partial charge in [-0.1, -0.05) is 84.4 Å². The third kappa shape index (κ3) is 3.86. The van der Waals surface area contributed by atoms with Gasteiger partial charge in [-0.15, -0.1) is 0 Å². The highest BCUT2D eigenvalue weighted by Crippen LogP contribution is 2.33. The monoisotopic (exact) mass is 487 g/mol. The molecule has 7 aromatic rings. The zero-order chi connectivity index (χ0) is 25.5. The molecule has 0 aliphatic heterocycles. The van der Waals surface area contributed by atoms with Gasteiger partial charge in [-0.25, -0.2) is 9.97 Å². The van der Waals surface area contributed by atoms with Gasteiger partial charge in [0.05, 0.1) is 16.9 Å². The topological polar surface area (TPSA) is 30.7 Å². The minimum Gasteiger partial charge on any atom is -0.294 e. The summed E-state index contributed by atoms with van der Waals surface area (Å²) in [6.07, 6.45) is 1.86. The highest BCUT2D eigenvalue weighted by atomic mass is 15.0. The van der Waals surface area contributed by atoms with Crippen LogP contribution in [0.1, 0.15) is 5.56 Å². The van der Waals surface area contributed by atoms with Gasteiger partial charge >= 0.3 is 0 Å². The van der Waals surface area contributed by atoms with Gasteiger partial charge in [-0.3, -0.25) is 4.57 Å². The lowest BCUT2D eigenvalue weighted by atomic mass is 10.00. The predicted molar refractivity (Wildman–Crippen MR) is 157 cm³/mol. The first-order valence-electron chi connectivity index (χ1n) is 12.8. The molecule has 0 aliphatic carbocycles. The SMILES string of the molecule is Cc1ccc2c(c1)c1cccnc1n2-c1ccc(-c2cc(-c3ccccc3)cc(-c3ccccc3)n2)cc1. The van der Waals surface area contributed by atoms with Crippen LogP contribution in [0.25, 0.3) is 61.3 Å². The molecule has 0 saturated carbocycles. The summed E-state index contributed by atoms with van der Waals surface area (Å²) in [7, 11) is 0. The molecule has 0 N–H and O–H groups in total. The molecule has 0 saturated heterocycles. The van der Waals surface area contributed by atoms with Crippen molar-refractivity contribution in [1.82, 2.24) is 14.5 Å². The van der Waals surface area contributed by atoms with Crippen LogP contribution in [0.3, 0.4) is 0 Å². The Balaban J connectivity index is 1.37. The second-order valence-electron chi connectivity index (χ2n) is 9.64. The summed E-state index contributed by atoms with van der Waals surface area (Å²) in [4.78, 5) is 9.83. The van der Waals surface area contributed by atoms with E-state index >= 15 is 0 Å². The number of hydrogen-bond donors (Lipinski definition) is 0. The Morgan fingerprint density at radius 2 is 1.18 bits per heavy atom. The molecule has 0 fully saturated rings. The molecular formula is C35H25N3. The number of nitrogens with zero attached hydrogens (tertiary/aromatic N) is 3. The van der Waals surface area contributed by atoms with Crippen molar-refractivity contribution in [2.75, 3.05) is 0 Å². The quantitative estimate of drug-likeness (QED) is 0.248. The van der Waals surface area contributed by atoms with Gasteiger partial charge in [0.25, 0.3) is 0 Å². The fraction of sp³-hybridized carbons (Fsp3) is 0.0286. The summed E-state index contributed by atoms with van der Waals surface area (Å²) in [6, 6.07) is 44.6. The van der Waals surface area contributed by atoms with E-state index in [2.05, 4.69) is 121 Å². The zero-order valence-electron chi connectivity index (χ0n) is 21.0. The van der Waals surface area contributed by atoms with Crippen LogP contribution >= 0.6 is 0 Å². The Labute approximate surface area is 221 Å². The molecule has 3 nitrogen and oxygen atoms in total. The third-order valence-electron chi connectivity index (χ3n) is 7.10. The Bertz CT molecular complexity index is 1840. The summed E-state index contributed by atoms with van der Waals surface area (Å²) in [5.41, 5.74) is 10.9. The average molecular weight is 488 g/mol. The van der Waals surface area contributed by atoms with Crippen LogP contribution in [0.15, 0.2) is 134 Å². The van der Waals surface area contributed by atoms with Gasteiger partial charge in [0.15, 0.2) is 0 Å². The number of fused-ring (bicyclic) bond motifs is 3. The van der Waals surface area contributed by atoms with E-state index in [1.54, 1.807) is 0 Å². The summed E-state index contributed by atoms with van der Waals surface area (Å²) < 4.78 is 2.25. The molecule has 0 amide bonds. The molecule has 0 bridgehead atoms. The smallest absolute Gasteiger partial charge is 0.145 e. The molecule has 180 valence electrons. The predicted octanol–water partition coefficient (Wildman–Crippen LogP) is 8.88. The minimum absolute atomic E-state index is 0.952. The number of benzene rings is 4. The molecule has 0 aliphatic rings. The van der Waals surface area contributed by atoms with Gasteiger partial charge in [0.2, 0.25) is 0 Å². The molecule has 3 heteroatoms. The van der Waals surface area contributed by atoms with Crippen molar-refractivity contribution >= 4 is 21.9 Å². The molecule has 0 spiro atoms. The van der Waals surface area contributed by atoms with Crippen LogP contribution in [0, 0.1) is 6.92 Å². The highest BCUT2D eigenvalue weighted by molar-refractivity contribution is 6.08. The van der Waals surface area contributed by atoms with Crippen LogP contribution < -0.4 is 0 Å². The van der Waals surface area contributed by atoms with Gasteiger partial charge in [0.1, 0.15) is 5.65 Å². The van der Waals surface area contributed by atoms with E-state index in [1.807, 2.05) is 24.4 Å². The van der Waals surface area contributed by atoms with E-state index in [0.29, 0.717) is 0 Å². The van der Waals surface area contributed by atoms with Crippen LogP contribution in [0.5, 0.6) is 0 Å². The van der Waals surface area contributed by atoms with Crippen molar-refractivity contribution in [1.29, 1.82) is 0 Å². The van der Waals surface area contributed by atoms with Crippen LogP contribution in [0.4, 0.5) is 0 Å². The number of pyridine rings is 2. The molecule has 0 atom stereocenters. The fourth-order valence-corrected chi connectivity index (χ4v) is 5.24. The molecular weight excluding hydrogens is 462 g/mol. The van der Waals surface area contributed by atoms with Gasteiger partial charge in [-0.05, 0) is 66.6 Å². The molecule has 3 heterocycles. The van der Waals surface area contributed by atoms with E-state index in [4.69, 9.17) is 9.97 Å². The van der Waals surface area contributed by atoms with Gasteiger partial charge < -0.3 is 0 Å². The highest BCUT2D eigenvalue weighted by Gasteiger charge is 2.14. The van der Waals surface area contributed by atoms with Crippen molar-refractivity contribution in [3.63, 3.8) is 0 Å². The standard InChI is InChI=1S/C35H25N3/c1-24-14-19-34-31(21-24)30-13-8-20-36-35(30)38(34)29-17-15-27(16-18-29)33-23-28(25-9-4-2-5-10-25)22-32(37-33)26-11-6-3-7-12-26/h2-23H,1H3. The number of aryl methyl sites for hydroxylation is 1. The van der Waals surface area contributed by atoms with Crippen molar-refractivity contribution in [3.8, 4) is 39.3 Å². The molecule has 4 aromatic carbocycles. The second kappa shape index (κ2) is 9.13. The average Bonchev–Trinajstić information content (AvgIpc) is 3.31. The maximum atomic E-state index is 5.08. The molecule has 0 unspecified atom stereocenters. The summed E-state index contributed by atoms with van der Waals surface area (Å²) in [6.45, 7) is 2.13. The Morgan fingerprint density at radius 1 is 0.526 bits per heavy atom. The van der Waals surface area contributed by atoms with Crippen LogP contribution in [-0.2, 0) is 0 Å². The second-order valence-corrected chi connectivity index (χ2v) is 9.64. The normalized spacial score (nSPS) is 11.3. The minimum atomic E-state index is 0.952. The Morgan fingerprint density at radius 3 is 1.89 bits per heavy atom. The first kappa shape index (κ1) is 22.2. The summed E-state index contributed by atoms with van der Waals surface area (Å²) >= 11 is 0. The largest absolute Gasteiger partial charge is 0.294 e. The first-order chi connectivity index (χ1) is 18.7. The first-order valence-corrected chi connectivity index (χ1v) is 12.8. The van der Waals surface area contributed by atoms with E-state index < -0.39 is 0 Å². The number of rotatable bonds is 4. The summed E-state index contributed by atoms with van der Waals surface area (Å²) in [5.74, 6) is 0. The van der Waals surface area contributed by atoms with Crippen molar-refractivity contribution in [2.24, 2.45) is 0 Å². The lowest BCUT2D eigenvalue weighted by molar-refractivity contribution is 1.13. The Kier molecular flexibility index (Phi) is 5.33. The van der Waals surface area contributed by atoms with Crippen molar-refractivity contribution in [3.05, 3.63) is 139 Å². The molecule has 0 radical (unpaired) electrons. The van der Waals surface area contributed by atoms with Crippen LogP contribution in [0.2, 0.25) is 0 Å². The van der Waals surface area contributed by atoms with Gasteiger partial charge in [0, 0.05) is 33.8 Å². The lowest BCUT2D eigenvalue weighted by Crippen LogP contribution is -1.96. The molecule has 7 rings (SSSR count). The Hall–Kier alpha value is -5.02. The van der Waals surface area contributed by atoms with E-state index in [9.17, 15) is 0 Å². The third-order valence-corrected chi connectivity index (χ3v) is 7.10. The summed E-state index contributed by atoms with van der Waals surface area (Å²) in [5, 5.41) is 2.39. The van der Waals surface area contributed by atoms with E-state index in [0.717, 1.165) is 44.9 Å². The fourth-order valence-electron chi connectivity index (χ4n) is 5.24. The number of hydrogen-bond acceptors (Lipinski definition) is 2.